The molecule has 0 saturated heterocycles. The lowest BCUT2D eigenvalue weighted by atomic mass is 9.77. The summed E-state index contributed by atoms with van der Waals surface area (Å²) >= 11 is 0. The molecule has 0 aromatic heterocycles. The van der Waals surface area contributed by atoms with Gasteiger partial charge in [-0.1, -0.05) is 31.4 Å². The Morgan fingerprint density at radius 1 is 1.17 bits per heavy atom. The lowest BCUT2D eigenvalue weighted by molar-refractivity contribution is -0.0595. The van der Waals surface area contributed by atoms with Gasteiger partial charge in [-0.15, -0.1) is 0 Å². The van der Waals surface area contributed by atoms with Crippen LogP contribution in [0.25, 0.3) is 0 Å². The third-order valence-corrected chi connectivity index (χ3v) is 4.13. The second-order valence-corrected chi connectivity index (χ2v) is 5.08. The van der Waals surface area contributed by atoms with Crippen LogP contribution in [0.3, 0.4) is 0 Å². The minimum Gasteiger partial charge on any atom is -0.497 e. The molecule has 2 rings (SSSR count). The molecule has 1 aromatic carbocycles. The van der Waals surface area contributed by atoms with Gasteiger partial charge in [0.15, 0.2) is 0 Å². The van der Waals surface area contributed by atoms with Crippen LogP contribution in [0.4, 0.5) is 0 Å². The van der Waals surface area contributed by atoms with Crippen LogP contribution in [-0.4, -0.2) is 19.8 Å². The first-order chi connectivity index (χ1) is 8.72. The highest BCUT2D eigenvalue weighted by molar-refractivity contribution is 5.32. The van der Waals surface area contributed by atoms with Crippen LogP contribution in [0, 0.1) is 0 Å². The SMILES string of the molecule is COc1cccc(C(N)C2(OC)CCCCC2)c1. The summed E-state index contributed by atoms with van der Waals surface area (Å²) in [7, 11) is 3.46. The summed E-state index contributed by atoms with van der Waals surface area (Å²) in [6, 6.07) is 7.91. The van der Waals surface area contributed by atoms with E-state index in [2.05, 4.69) is 6.07 Å². The fourth-order valence-corrected chi connectivity index (χ4v) is 2.93. The van der Waals surface area contributed by atoms with Gasteiger partial charge in [0.25, 0.3) is 0 Å². The van der Waals surface area contributed by atoms with Crippen molar-refractivity contribution in [1.29, 1.82) is 0 Å². The van der Waals surface area contributed by atoms with E-state index in [9.17, 15) is 0 Å². The molecule has 3 heteroatoms. The normalized spacial score (nSPS) is 20.4. The zero-order valence-corrected chi connectivity index (χ0v) is 11.3. The Morgan fingerprint density at radius 3 is 2.50 bits per heavy atom. The van der Waals surface area contributed by atoms with Crippen molar-refractivity contribution in [2.75, 3.05) is 14.2 Å². The van der Waals surface area contributed by atoms with Gasteiger partial charge in [0.1, 0.15) is 5.75 Å². The predicted octanol–water partition coefficient (Wildman–Crippen LogP) is 3.04. The Morgan fingerprint density at radius 2 is 1.89 bits per heavy atom. The van der Waals surface area contributed by atoms with Crippen LogP contribution in [0.2, 0.25) is 0 Å². The molecule has 1 saturated carbocycles. The van der Waals surface area contributed by atoms with Crippen LogP contribution in [0.1, 0.15) is 43.7 Å². The predicted molar refractivity (Wildman–Crippen MR) is 72.7 cm³/mol. The van der Waals surface area contributed by atoms with Crippen molar-refractivity contribution in [2.24, 2.45) is 5.73 Å². The highest BCUT2D eigenvalue weighted by Crippen LogP contribution is 2.40. The first kappa shape index (κ1) is 13.4. The Bertz CT molecular complexity index is 386. The van der Waals surface area contributed by atoms with E-state index < -0.39 is 0 Å². The first-order valence-corrected chi connectivity index (χ1v) is 6.66. The van der Waals surface area contributed by atoms with E-state index in [4.69, 9.17) is 15.2 Å². The molecule has 3 nitrogen and oxygen atoms in total. The van der Waals surface area contributed by atoms with Gasteiger partial charge in [0.2, 0.25) is 0 Å². The van der Waals surface area contributed by atoms with Crippen molar-refractivity contribution in [2.45, 2.75) is 43.7 Å². The molecule has 0 heterocycles. The van der Waals surface area contributed by atoms with Gasteiger partial charge in [-0.05, 0) is 30.5 Å². The van der Waals surface area contributed by atoms with Crippen molar-refractivity contribution in [3.8, 4) is 5.75 Å². The second kappa shape index (κ2) is 5.72. The number of rotatable bonds is 4. The van der Waals surface area contributed by atoms with E-state index in [1.54, 1.807) is 14.2 Å². The highest BCUT2D eigenvalue weighted by atomic mass is 16.5. The molecule has 1 aliphatic carbocycles. The van der Waals surface area contributed by atoms with Crippen LogP contribution in [-0.2, 0) is 4.74 Å². The number of benzene rings is 1. The van der Waals surface area contributed by atoms with Gasteiger partial charge in [0.05, 0.1) is 18.8 Å². The molecule has 1 fully saturated rings. The van der Waals surface area contributed by atoms with E-state index in [0.717, 1.165) is 24.2 Å². The zero-order valence-electron chi connectivity index (χ0n) is 11.3. The van der Waals surface area contributed by atoms with Crippen LogP contribution < -0.4 is 10.5 Å². The summed E-state index contributed by atoms with van der Waals surface area (Å²) in [5.74, 6) is 0.852. The monoisotopic (exact) mass is 249 g/mol. The smallest absolute Gasteiger partial charge is 0.119 e. The number of hydrogen-bond donors (Lipinski definition) is 1. The van der Waals surface area contributed by atoms with Gasteiger partial charge < -0.3 is 15.2 Å². The molecule has 18 heavy (non-hydrogen) atoms. The molecule has 0 radical (unpaired) electrons. The fourth-order valence-electron chi connectivity index (χ4n) is 2.93. The molecule has 0 bridgehead atoms. The quantitative estimate of drug-likeness (QED) is 0.892. The number of hydrogen-bond acceptors (Lipinski definition) is 3. The average Bonchev–Trinajstić information content (AvgIpc) is 2.47. The molecule has 0 amide bonds. The lowest BCUT2D eigenvalue weighted by Gasteiger charge is -2.41. The molecule has 100 valence electrons. The van der Waals surface area contributed by atoms with E-state index in [1.165, 1.54) is 19.3 Å². The molecule has 1 atom stereocenters. The van der Waals surface area contributed by atoms with Crippen LogP contribution in [0.5, 0.6) is 5.75 Å². The first-order valence-electron chi connectivity index (χ1n) is 6.66. The summed E-state index contributed by atoms with van der Waals surface area (Å²) in [5.41, 5.74) is 7.35. The molecule has 1 aliphatic rings. The third kappa shape index (κ3) is 2.52. The number of nitrogens with two attached hydrogens (primary N) is 1. The maximum Gasteiger partial charge on any atom is 0.119 e. The van der Waals surface area contributed by atoms with Crippen molar-refractivity contribution in [3.63, 3.8) is 0 Å². The summed E-state index contributed by atoms with van der Waals surface area (Å²) < 4.78 is 11.1. The summed E-state index contributed by atoms with van der Waals surface area (Å²) in [6.45, 7) is 0. The minimum absolute atomic E-state index is 0.0853. The minimum atomic E-state index is -0.204. The van der Waals surface area contributed by atoms with E-state index in [1.807, 2.05) is 18.2 Å². The maximum atomic E-state index is 6.46. The summed E-state index contributed by atoms with van der Waals surface area (Å²) in [5, 5.41) is 0. The number of ether oxygens (including phenoxy) is 2. The zero-order chi connectivity index (χ0) is 13.0. The fraction of sp³-hybridized carbons (Fsp3) is 0.600. The van der Waals surface area contributed by atoms with Crippen LogP contribution in [0.15, 0.2) is 24.3 Å². The second-order valence-electron chi connectivity index (χ2n) is 5.08. The molecule has 1 unspecified atom stereocenters. The number of methoxy groups -OCH3 is 2. The van der Waals surface area contributed by atoms with Crippen molar-refractivity contribution >= 4 is 0 Å². The third-order valence-electron chi connectivity index (χ3n) is 4.13. The molecule has 0 aliphatic heterocycles. The van der Waals surface area contributed by atoms with Gasteiger partial charge in [0, 0.05) is 7.11 Å². The Labute approximate surface area is 109 Å². The topological polar surface area (TPSA) is 44.5 Å². The average molecular weight is 249 g/mol. The van der Waals surface area contributed by atoms with Gasteiger partial charge >= 0.3 is 0 Å². The van der Waals surface area contributed by atoms with E-state index in [0.29, 0.717) is 0 Å². The summed E-state index contributed by atoms with van der Waals surface area (Å²) in [6.07, 6.45) is 5.77. The van der Waals surface area contributed by atoms with Crippen LogP contribution >= 0.6 is 0 Å². The standard InChI is InChI=1S/C15H23NO2/c1-17-13-8-6-7-12(11-13)14(16)15(18-2)9-4-3-5-10-15/h6-8,11,14H,3-5,9-10,16H2,1-2H3. The molecule has 0 spiro atoms. The Hall–Kier alpha value is -1.06. The highest BCUT2D eigenvalue weighted by Gasteiger charge is 2.38. The van der Waals surface area contributed by atoms with Crippen molar-refractivity contribution < 1.29 is 9.47 Å². The molecule has 2 N–H and O–H groups in total. The van der Waals surface area contributed by atoms with Gasteiger partial charge in [-0.3, -0.25) is 0 Å². The molecular weight excluding hydrogens is 226 g/mol. The van der Waals surface area contributed by atoms with Gasteiger partial charge in [-0.25, -0.2) is 0 Å². The van der Waals surface area contributed by atoms with Gasteiger partial charge in [-0.2, -0.15) is 0 Å². The van der Waals surface area contributed by atoms with Crippen molar-refractivity contribution in [1.82, 2.24) is 0 Å². The summed E-state index contributed by atoms with van der Waals surface area (Å²) in [4.78, 5) is 0. The van der Waals surface area contributed by atoms with E-state index in [-0.39, 0.29) is 11.6 Å². The van der Waals surface area contributed by atoms with E-state index >= 15 is 0 Å². The lowest BCUT2D eigenvalue weighted by Crippen LogP contribution is -2.44. The largest absolute Gasteiger partial charge is 0.497 e. The molecular formula is C15H23NO2. The molecule has 1 aromatic rings. The van der Waals surface area contributed by atoms with Crippen molar-refractivity contribution in [3.05, 3.63) is 29.8 Å². The maximum absolute atomic E-state index is 6.46. The Kier molecular flexibility index (Phi) is 4.25. The Balaban J connectivity index is 2.24.